The Hall–Kier alpha value is -1.31. The molecule has 7 nitrogen and oxygen atoms in total. The molecule has 0 aromatic carbocycles. The summed E-state index contributed by atoms with van der Waals surface area (Å²) in [6, 6.07) is -0.546. The molecule has 1 saturated heterocycles. The maximum atomic E-state index is 12.1. The SMILES string of the molecule is CN(C(=O)NC1CCC(C(=O)O)CC1)C1CCS(=O)(=O)C1. The summed E-state index contributed by atoms with van der Waals surface area (Å²) in [4.78, 5) is 24.5. The van der Waals surface area contributed by atoms with Gasteiger partial charge in [0.1, 0.15) is 0 Å². The van der Waals surface area contributed by atoms with E-state index in [1.54, 1.807) is 7.05 Å². The van der Waals surface area contributed by atoms with E-state index >= 15 is 0 Å². The molecule has 0 radical (unpaired) electrons. The number of amides is 2. The van der Waals surface area contributed by atoms with Crippen molar-refractivity contribution in [2.24, 2.45) is 5.92 Å². The van der Waals surface area contributed by atoms with E-state index in [4.69, 9.17) is 5.11 Å². The Morgan fingerprint density at radius 3 is 2.24 bits per heavy atom. The molecule has 1 saturated carbocycles. The van der Waals surface area contributed by atoms with E-state index in [1.807, 2.05) is 0 Å². The van der Waals surface area contributed by atoms with Crippen molar-refractivity contribution in [1.82, 2.24) is 10.2 Å². The number of carbonyl (C=O) groups is 2. The van der Waals surface area contributed by atoms with Crippen LogP contribution < -0.4 is 5.32 Å². The Morgan fingerprint density at radius 2 is 1.76 bits per heavy atom. The van der Waals surface area contributed by atoms with E-state index in [9.17, 15) is 18.0 Å². The van der Waals surface area contributed by atoms with E-state index in [-0.39, 0.29) is 35.5 Å². The Balaban J connectivity index is 1.81. The number of nitrogens with one attached hydrogen (secondary N) is 1. The van der Waals surface area contributed by atoms with Crippen LogP contribution in [0.4, 0.5) is 4.79 Å². The molecule has 1 heterocycles. The topological polar surface area (TPSA) is 104 Å². The molecule has 0 spiro atoms. The number of aliphatic carboxylic acids is 1. The summed E-state index contributed by atoms with van der Waals surface area (Å²) in [5, 5.41) is 11.8. The molecule has 1 aliphatic carbocycles. The fourth-order valence-electron chi connectivity index (χ4n) is 3.01. The van der Waals surface area contributed by atoms with E-state index in [2.05, 4.69) is 5.32 Å². The predicted octanol–water partition coefficient (Wildman–Crippen LogP) is 0.458. The predicted molar refractivity (Wildman–Crippen MR) is 76.7 cm³/mol. The van der Waals surface area contributed by atoms with Gasteiger partial charge in [0.2, 0.25) is 0 Å². The average Bonchev–Trinajstić information content (AvgIpc) is 2.78. The molecule has 1 atom stereocenters. The van der Waals surface area contributed by atoms with Gasteiger partial charge in [0.15, 0.2) is 9.84 Å². The van der Waals surface area contributed by atoms with Crippen molar-refractivity contribution in [3.05, 3.63) is 0 Å². The number of hydrogen-bond acceptors (Lipinski definition) is 4. The molecule has 2 aliphatic rings. The fraction of sp³-hybridized carbons (Fsp3) is 0.846. The van der Waals surface area contributed by atoms with Crippen LogP contribution >= 0.6 is 0 Å². The minimum Gasteiger partial charge on any atom is -0.481 e. The molecule has 1 unspecified atom stereocenters. The second-order valence-electron chi connectivity index (χ2n) is 6.00. The summed E-state index contributed by atoms with van der Waals surface area (Å²) >= 11 is 0. The molecule has 21 heavy (non-hydrogen) atoms. The van der Waals surface area contributed by atoms with Gasteiger partial charge in [-0.1, -0.05) is 0 Å². The standard InChI is InChI=1S/C13H22N2O5S/c1-15(11-6-7-21(19,20)8-11)13(18)14-10-4-2-9(3-5-10)12(16)17/h9-11H,2-8H2,1H3,(H,14,18)(H,16,17). The summed E-state index contributed by atoms with van der Waals surface area (Å²) < 4.78 is 22.9. The lowest BCUT2D eigenvalue weighted by Crippen LogP contribution is -2.48. The summed E-state index contributed by atoms with van der Waals surface area (Å²) in [6.45, 7) is 0. The molecule has 2 fully saturated rings. The molecule has 1 aliphatic heterocycles. The van der Waals surface area contributed by atoms with Gasteiger partial charge in [-0.25, -0.2) is 13.2 Å². The average molecular weight is 318 g/mol. The molecule has 2 amide bonds. The van der Waals surface area contributed by atoms with Crippen LogP contribution in [0, 0.1) is 5.92 Å². The van der Waals surface area contributed by atoms with Gasteiger partial charge in [-0.3, -0.25) is 4.79 Å². The lowest BCUT2D eigenvalue weighted by Gasteiger charge is -2.30. The molecule has 120 valence electrons. The van der Waals surface area contributed by atoms with E-state index in [0.29, 0.717) is 32.1 Å². The van der Waals surface area contributed by atoms with Crippen molar-refractivity contribution in [1.29, 1.82) is 0 Å². The van der Waals surface area contributed by atoms with Crippen LogP contribution in [0.25, 0.3) is 0 Å². The number of rotatable bonds is 3. The van der Waals surface area contributed by atoms with Crippen LogP contribution in [0.2, 0.25) is 0 Å². The highest BCUT2D eigenvalue weighted by Crippen LogP contribution is 2.25. The van der Waals surface area contributed by atoms with Gasteiger partial charge in [0.05, 0.1) is 17.4 Å². The molecular weight excluding hydrogens is 296 g/mol. The van der Waals surface area contributed by atoms with Crippen molar-refractivity contribution in [3.63, 3.8) is 0 Å². The van der Waals surface area contributed by atoms with Crippen molar-refractivity contribution >= 4 is 21.8 Å². The van der Waals surface area contributed by atoms with Gasteiger partial charge >= 0.3 is 12.0 Å². The first-order chi connectivity index (χ1) is 9.78. The Bertz CT molecular complexity index is 511. The number of carbonyl (C=O) groups excluding carboxylic acids is 1. The number of sulfone groups is 1. The number of carboxylic acids is 1. The van der Waals surface area contributed by atoms with Gasteiger partial charge in [-0.15, -0.1) is 0 Å². The molecule has 0 aromatic heterocycles. The van der Waals surface area contributed by atoms with E-state index in [1.165, 1.54) is 4.90 Å². The third kappa shape index (κ3) is 4.09. The van der Waals surface area contributed by atoms with Gasteiger partial charge in [-0.05, 0) is 32.1 Å². The zero-order valence-electron chi connectivity index (χ0n) is 12.1. The van der Waals surface area contributed by atoms with Crippen molar-refractivity contribution in [2.45, 2.75) is 44.2 Å². The number of urea groups is 1. The smallest absolute Gasteiger partial charge is 0.317 e. The lowest BCUT2D eigenvalue weighted by atomic mass is 9.86. The normalized spacial score (nSPS) is 31.6. The molecule has 2 rings (SSSR count). The highest BCUT2D eigenvalue weighted by molar-refractivity contribution is 7.91. The van der Waals surface area contributed by atoms with Crippen molar-refractivity contribution in [3.8, 4) is 0 Å². The van der Waals surface area contributed by atoms with Gasteiger partial charge in [0, 0.05) is 19.1 Å². The number of nitrogens with zero attached hydrogens (tertiary/aromatic N) is 1. The molecule has 0 aromatic rings. The van der Waals surface area contributed by atoms with Crippen LogP contribution in [0.3, 0.4) is 0 Å². The maximum absolute atomic E-state index is 12.1. The molecule has 8 heteroatoms. The molecular formula is C13H22N2O5S. The van der Waals surface area contributed by atoms with Crippen LogP contribution in [0.15, 0.2) is 0 Å². The van der Waals surface area contributed by atoms with Crippen LogP contribution in [0.1, 0.15) is 32.1 Å². The van der Waals surface area contributed by atoms with Crippen LogP contribution in [-0.2, 0) is 14.6 Å². The lowest BCUT2D eigenvalue weighted by molar-refractivity contribution is -0.142. The maximum Gasteiger partial charge on any atom is 0.317 e. The highest BCUT2D eigenvalue weighted by Gasteiger charge is 2.34. The minimum atomic E-state index is -3.01. The first-order valence-electron chi connectivity index (χ1n) is 7.25. The summed E-state index contributed by atoms with van der Waals surface area (Å²) in [5.41, 5.74) is 0. The minimum absolute atomic E-state index is 0.0199. The highest BCUT2D eigenvalue weighted by atomic mass is 32.2. The number of carboxylic acid groups (broad SMARTS) is 1. The third-order valence-corrected chi connectivity index (χ3v) is 6.23. The first kappa shape index (κ1) is 16.1. The van der Waals surface area contributed by atoms with Gasteiger partial charge in [0.25, 0.3) is 0 Å². The second-order valence-corrected chi connectivity index (χ2v) is 8.23. The zero-order chi connectivity index (χ0) is 15.6. The Kier molecular flexibility index (Phi) is 4.75. The summed E-state index contributed by atoms with van der Waals surface area (Å²) in [6.07, 6.45) is 2.93. The zero-order valence-corrected chi connectivity index (χ0v) is 12.9. The Labute approximate surface area is 124 Å². The molecule has 2 N–H and O–H groups in total. The summed E-state index contributed by atoms with van der Waals surface area (Å²) in [7, 11) is -1.40. The Morgan fingerprint density at radius 1 is 1.14 bits per heavy atom. The van der Waals surface area contributed by atoms with E-state index in [0.717, 1.165) is 0 Å². The van der Waals surface area contributed by atoms with Gasteiger partial charge in [-0.2, -0.15) is 0 Å². The largest absolute Gasteiger partial charge is 0.481 e. The second kappa shape index (κ2) is 6.21. The van der Waals surface area contributed by atoms with Crippen LogP contribution in [-0.4, -0.2) is 61.1 Å². The van der Waals surface area contributed by atoms with Crippen molar-refractivity contribution in [2.75, 3.05) is 18.6 Å². The summed E-state index contributed by atoms with van der Waals surface area (Å²) in [5.74, 6) is -0.911. The fourth-order valence-corrected chi connectivity index (χ4v) is 4.78. The van der Waals surface area contributed by atoms with E-state index < -0.39 is 15.8 Å². The molecule has 0 bridgehead atoms. The quantitative estimate of drug-likeness (QED) is 0.786. The first-order valence-corrected chi connectivity index (χ1v) is 9.07. The monoisotopic (exact) mass is 318 g/mol. The van der Waals surface area contributed by atoms with Crippen LogP contribution in [0.5, 0.6) is 0 Å². The van der Waals surface area contributed by atoms with Gasteiger partial charge < -0.3 is 15.3 Å². The van der Waals surface area contributed by atoms with Crippen molar-refractivity contribution < 1.29 is 23.1 Å². The number of hydrogen-bond donors (Lipinski definition) is 2. The third-order valence-electron chi connectivity index (χ3n) is 4.48.